The second-order valence-corrected chi connectivity index (χ2v) is 8.79. The molecular weight excluding hydrogens is 344 g/mol. The van der Waals surface area contributed by atoms with Crippen molar-refractivity contribution in [2.75, 3.05) is 6.54 Å². The number of fused-ring (bicyclic) bond motifs is 1. The maximum atomic E-state index is 13.1. The van der Waals surface area contributed by atoms with Gasteiger partial charge in [-0.1, -0.05) is 5.16 Å². The van der Waals surface area contributed by atoms with Gasteiger partial charge in [0.2, 0.25) is 10.0 Å². The van der Waals surface area contributed by atoms with Gasteiger partial charge in [-0.25, -0.2) is 8.42 Å². The maximum Gasteiger partial charge on any atom is 0.248 e. The highest BCUT2D eigenvalue weighted by Gasteiger charge is 2.35. The molecule has 25 heavy (non-hydrogen) atoms. The lowest BCUT2D eigenvalue weighted by Gasteiger charge is -2.19. The molecule has 2 aromatic rings. The summed E-state index contributed by atoms with van der Waals surface area (Å²) in [7, 11) is -3.69. The van der Waals surface area contributed by atoms with Crippen LogP contribution < -0.4 is 0 Å². The molecule has 2 aliphatic rings. The number of aliphatic hydroxyl groups excluding tert-OH is 1. The molecule has 1 saturated carbocycles. The first-order chi connectivity index (χ1) is 11.9. The van der Waals surface area contributed by atoms with Gasteiger partial charge in [0, 0.05) is 13.1 Å². The minimum absolute atomic E-state index is 0.152. The van der Waals surface area contributed by atoms with Crippen LogP contribution in [0.2, 0.25) is 0 Å². The highest BCUT2D eigenvalue weighted by atomic mass is 32.2. The molecule has 0 bridgehead atoms. The smallest absolute Gasteiger partial charge is 0.248 e. The Morgan fingerprint density at radius 1 is 1.32 bits per heavy atom. The first-order valence-corrected chi connectivity index (χ1v) is 9.99. The normalized spacial score (nSPS) is 20.3. The zero-order valence-electron chi connectivity index (χ0n) is 14.3. The van der Waals surface area contributed by atoms with E-state index in [1.807, 2.05) is 10.7 Å². The first kappa shape index (κ1) is 16.7. The molecule has 0 unspecified atom stereocenters. The number of nitrogens with zero attached hydrogens (tertiary/aromatic N) is 4. The molecule has 8 nitrogen and oxygen atoms in total. The van der Waals surface area contributed by atoms with Crippen molar-refractivity contribution in [3.05, 3.63) is 28.9 Å². The van der Waals surface area contributed by atoms with Crippen LogP contribution in [-0.4, -0.2) is 39.3 Å². The molecule has 0 spiro atoms. The quantitative estimate of drug-likeness (QED) is 0.880. The number of hydrogen-bond donors (Lipinski definition) is 1. The summed E-state index contributed by atoms with van der Waals surface area (Å²) < 4.78 is 34.4. The van der Waals surface area contributed by atoms with Crippen LogP contribution in [0.3, 0.4) is 0 Å². The van der Waals surface area contributed by atoms with Crippen LogP contribution in [0.15, 0.2) is 15.5 Å². The van der Waals surface area contributed by atoms with Gasteiger partial charge in [-0.05, 0) is 45.1 Å². The van der Waals surface area contributed by atoms with Gasteiger partial charge in [0.25, 0.3) is 0 Å². The molecule has 1 N–H and O–H groups in total. The fraction of sp³-hybridized carbons (Fsp3) is 0.625. The van der Waals surface area contributed by atoms with Gasteiger partial charge in [0.15, 0.2) is 5.76 Å². The predicted octanol–water partition coefficient (Wildman–Crippen LogP) is 1.53. The Bertz CT molecular complexity index is 878. The Hall–Kier alpha value is -1.71. The molecule has 1 fully saturated rings. The zero-order valence-corrected chi connectivity index (χ0v) is 15.2. The van der Waals surface area contributed by atoms with E-state index in [4.69, 9.17) is 4.52 Å². The van der Waals surface area contributed by atoms with E-state index in [1.165, 1.54) is 4.31 Å². The van der Waals surface area contributed by atoms with Gasteiger partial charge < -0.3 is 9.63 Å². The van der Waals surface area contributed by atoms with Crippen LogP contribution in [0.25, 0.3) is 0 Å². The molecular formula is C16H22N4O4S. The third kappa shape index (κ3) is 2.90. The van der Waals surface area contributed by atoms with Crippen LogP contribution in [0, 0.1) is 19.8 Å². The SMILES string of the molecule is Cc1noc(C)c1S(=O)(=O)N1CCCn2nc([C@@H](O)C3CC3)cc2C1. The molecule has 1 aliphatic heterocycles. The summed E-state index contributed by atoms with van der Waals surface area (Å²) in [5.41, 5.74) is 1.83. The Labute approximate surface area is 146 Å². The topological polar surface area (TPSA) is 101 Å². The van der Waals surface area contributed by atoms with Gasteiger partial charge in [-0.3, -0.25) is 4.68 Å². The number of hydrogen-bond acceptors (Lipinski definition) is 6. The van der Waals surface area contributed by atoms with Crippen LogP contribution >= 0.6 is 0 Å². The molecule has 1 atom stereocenters. The van der Waals surface area contributed by atoms with E-state index in [2.05, 4.69) is 10.3 Å². The van der Waals surface area contributed by atoms with Gasteiger partial charge in [0.1, 0.15) is 16.7 Å². The van der Waals surface area contributed by atoms with Gasteiger partial charge >= 0.3 is 0 Å². The van der Waals surface area contributed by atoms with Crippen molar-refractivity contribution in [1.29, 1.82) is 0 Å². The molecule has 4 rings (SSSR count). The lowest BCUT2D eigenvalue weighted by atomic mass is 10.1. The number of aryl methyl sites for hydroxylation is 3. The minimum Gasteiger partial charge on any atom is -0.386 e. The summed E-state index contributed by atoms with van der Waals surface area (Å²) in [6.07, 6.45) is 2.16. The van der Waals surface area contributed by atoms with Crippen molar-refractivity contribution in [2.24, 2.45) is 5.92 Å². The molecule has 3 heterocycles. The average molecular weight is 366 g/mol. The summed E-state index contributed by atoms with van der Waals surface area (Å²) in [4.78, 5) is 0.152. The molecule has 0 saturated heterocycles. The first-order valence-electron chi connectivity index (χ1n) is 8.55. The van der Waals surface area contributed by atoms with Crippen molar-refractivity contribution < 1.29 is 18.0 Å². The van der Waals surface area contributed by atoms with Crippen molar-refractivity contribution in [2.45, 2.75) is 57.2 Å². The standard InChI is InChI=1S/C16H22N4O4S/c1-10-16(11(2)24-18-10)25(22,23)19-6-3-7-20-13(9-19)8-14(17-20)15(21)12-4-5-12/h8,12,15,21H,3-7,9H2,1-2H3/t15-/m0/s1. The average Bonchev–Trinajstić information content (AvgIpc) is 3.29. The van der Waals surface area contributed by atoms with E-state index in [0.717, 1.165) is 18.5 Å². The van der Waals surface area contributed by atoms with Crippen LogP contribution in [0.5, 0.6) is 0 Å². The highest BCUT2D eigenvalue weighted by Crippen LogP contribution is 2.40. The van der Waals surface area contributed by atoms with E-state index >= 15 is 0 Å². The van der Waals surface area contributed by atoms with Crippen molar-refractivity contribution >= 4 is 10.0 Å². The zero-order chi connectivity index (χ0) is 17.8. The van der Waals surface area contributed by atoms with Gasteiger partial charge in [-0.15, -0.1) is 0 Å². The third-order valence-electron chi connectivity index (χ3n) is 4.94. The van der Waals surface area contributed by atoms with Crippen molar-refractivity contribution in [3.8, 4) is 0 Å². The summed E-state index contributed by atoms with van der Waals surface area (Å²) in [6, 6.07) is 1.84. The second-order valence-electron chi connectivity index (χ2n) is 6.91. The Morgan fingerprint density at radius 3 is 2.72 bits per heavy atom. The van der Waals surface area contributed by atoms with Gasteiger partial charge in [0.05, 0.1) is 17.9 Å². The molecule has 9 heteroatoms. The molecule has 0 amide bonds. The molecule has 2 aromatic heterocycles. The van der Waals surface area contributed by atoms with E-state index in [9.17, 15) is 13.5 Å². The molecule has 0 radical (unpaired) electrons. The number of sulfonamides is 1. The predicted molar refractivity (Wildman–Crippen MR) is 88.1 cm³/mol. The highest BCUT2D eigenvalue weighted by molar-refractivity contribution is 7.89. The van der Waals surface area contributed by atoms with E-state index in [-0.39, 0.29) is 11.4 Å². The summed E-state index contributed by atoms with van der Waals surface area (Å²) >= 11 is 0. The summed E-state index contributed by atoms with van der Waals surface area (Å²) in [5, 5.41) is 18.6. The van der Waals surface area contributed by atoms with E-state index in [1.54, 1.807) is 13.8 Å². The minimum atomic E-state index is -3.69. The largest absolute Gasteiger partial charge is 0.386 e. The number of aliphatic hydroxyl groups is 1. The fourth-order valence-corrected chi connectivity index (χ4v) is 5.17. The molecule has 1 aliphatic carbocycles. The van der Waals surface area contributed by atoms with Gasteiger partial charge in [-0.2, -0.15) is 9.40 Å². The van der Waals surface area contributed by atoms with Crippen LogP contribution in [0.4, 0.5) is 0 Å². The number of aromatic nitrogens is 3. The maximum absolute atomic E-state index is 13.1. The Balaban J connectivity index is 1.65. The van der Waals surface area contributed by atoms with Crippen LogP contribution in [-0.2, 0) is 23.1 Å². The van der Waals surface area contributed by atoms with E-state index in [0.29, 0.717) is 42.6 Å². The number of rotatable bonds is 4. The third-order valence-corrected chi connectivity index (χ3v) is 7.03. The summed E-state index contributed by atoms with van der Waals surface area (Å²) in [6.45, 7) is 4.53. The summed E-state index contributed by atoms with van der Waals surface area (Å²) in [5.74, 6) is 0.598. The van der Waals surface area contributed by atoms with E-state index < -0.39 is 16.1 Å². The Kier molecular flexibility index (Phi) is 3.97. The molecule has 136 valence electrons. The van der Waals surface area contributed by atoms with Crippen molar-refractivity contribution in [1.82, 2.24) is 19.2 Å². The lowest BCUT2D eigenvalue weighted by Crippen LogP contribution is -2.31. The second kappa shape index (κ2) is 5.93. The van der Waals surface area contributed by atoms with Crippen molar-refractivity contribution in [3.63, 3.8) is 0 Å². The fourth-order valence-electron chi connectivity index (χ4n) is 3.43. The Morgan fingerprint density at radius 2 is 2.08 bits per heavy atom. The lowest BCUT2D eigenvalue weighted by molar-refractivity contribution is 0.148. The van der Waals surface area contributed by atoms with Crippen LogP contribution in [0.1, 0.15) is 48.2 Å². The molecule has 0 aromatic carbocycles. The monoisotopic (exact) mass is 366 g/mol.